The molecule has 3 rings (SSSR count). The fourth-order valence-corrected chi connectivity index (χ4v) is 3.89. The summed E-state index contributed by atoms with van der Waals surface area (Å²) in [6, 6.07) is 8.93. The van der Waals surface area contributed by atoms with Crippen LogP contribution in [0.5, 0.6) is 0 Å². The number of benzene rings is 1. The third-order valence-corrected chi connectivity index (χ3v) is 5.10. The number of fused-ring (bicyclic) bond motifs is 1. The molecule has 0 N–H and O–H groups in total. The maximum atomic E-state index is 2.63. The number of anilines is 1. The largest absolute Gasteiger partial charge is 0.365 e. The van der Waals surface area contributed by atoms with Crippen molar-refractivity contribution in [2.45, 2.75) is 52.0 Å². The van der Waals surface area contributed by atoms with E-state index in [9.17, 15) is 0 Å². The lowest BCUT2D eigenvalue weighted by molar-refractivity contribution is 0.436. The van der Waals surface area contributed by atoms with Crippen LogP contribution in [0.3, 0.4) is 0 Å². The first-order chi connectivity index (χ1) is 11.1. The first-order valence-corrected chi connectivity index (χ1v) is 8.87. The summed E-state index contributed by atoms with van der Waals surface area (Å²) in [5.41, 5.74) is 6.03. The molecule has 0 saturated heterocycles. The molecule has 0 spiro atoms. The van der Waals surface area contributed by atoms with Gasteiger partial charge in [0.05, 0.1) is 5.57 Å². The van der Waals surface area contributed by atoms with Gasteiger partial charge in [0.1, 0.15) is 0 Å². The van der Waals surface area contributed by atoms with Crippen LogP contribution in [0, 0.1) is 6.42 Å². The van der Waals surface area contributed by atoms with Crippen molar-refractivity contribution in [1.29, 1.82) is 0 Å². The molecule has 1 heteroatoms. The average molecular weight is 306 g/mol. The highest BCUT2D eigenvalue weighted by molar-refractivity contribution is 5.57. The van der Waals surface area contributed by atoms with E-state index in [0.29, 0.717) is 0 Å². The lowest BCUT2D eigenvalue weighted by Gasteiger charge is -2.44. The summed E-state index contributed by atoms with van der Waals surface area (Å²) in [5.74, 6) is 0. The van der Waals surface area contributed by atoms with Crippen LogP contribution in [0.25, 0.3) is 0 Å². The normalized spacial score (nSPS) is 19.3. The molecule has 1 aromatic rings. The van der Waals surface area contributed by atoms with E-state index >= 15 is 0 Å². The van der Waals surface area contributed by atoms with Crippen LogP contribution < -0.4 is 4.90 Å². The number of aryl methyl sites for hydroxylation is 1. The zero-order valence-electron chi connectivity index (χ0n) is 14.7. The lowest BCUT2D eigenvalue weighted by atomic mass is 9.85. The molecule has 0 bridgehead atoms. The van der Waals surface area contributed by atoms with Gasteiger partial charge in [0.15, 0.2) is 0 Å². The number of para-hydroxylation sites is 1. The van der Waals surface area contributed by atoms with Gasteiger partial charge in [0, 0.05) is 66.9 Å². The van der Waals surface area contributed by atoms with E-state index in [0.717, 1.165) is 19.4 Å². The van der Waals surface area contributed by atoms with Gasteiger partial charge in [-0.15, -0.1) is 0 Å². The monoisotopic (exact) mass is 306 g/mol. The molecule has 0 saturated carbocycles. The molecule has 0 radical (unpaired) electrons. The molecule has 23 heavy (non-hydrogen) atoms. The minimum Gasteiger partial charge on any atom is -0.365 e. The molecule has 120 valence electrons. The smallest absolute Gasteiger partial charge is 0.0948 e. The van der Waals surface area contributed by atoms with Crippen molar-refractivity contribution < 1.29 is 0 Å². The van der Waals surface area contributed by atoms with Crippen molar-refractivity contribution >= 4 is 5.69 Å². The minimum absolute atomic E-state index is 0.137. The fourth-order valence-electron chi connectivity index (χ4n) is 3.89. The molecule has 0 atom stereocenters. The molecule has 0 aromatic heterocycles. The second kappa shape index (κ2) is 6.70. The summed E-state index contributed by atoms with van der Waals surface area (Å²) in [7, 11) is 0. The van der Waals surface area contributed by atoms with Crippen LogP contribution in [-0.2, 0) is 6.42 Å². The highest BCUT2D eigenvalue weighted by Gasteiger charge is 2.32. The zero-order valence-corrected chi connectivity index (χ0v) is 14.7. The van der Waals surface area contributed by atoms with Crippen molar-refractivity contribution in [1.82, 2.24) is 0 Å². The Morgan fingerprint density at radius 2 is 2.04 bits per heavy atom. The predicted octanol–water partition coefficient (Wildman–Crippen LogP) is 5.64. The van der Waals surface area contributed by atoms with Gasteiger partial charge >= 0.3 is 0 Å². The number of nitrogens with zero attached hydrogens (tertiary/aromatic N) is 1. The van der Waals surface area contributed by atoms with Gasteiger partial charge < -0.3 is 4.90 Å². The first-order valence-electron chi connectivity index (χ1n) is 8.87. The Morgan fingerprint density at radius 1 is 1.22 bits per heavy atom. The Morgan fingerprint density at radius 3 is 2.78 bits per heavy atom. The maximum Gasteiger partial charge on any atom is 0.0948 e. The molecular formula is C22H28N+. The van der Waals surface area contributed by atoms with Gasteiger partial charge in [-0.25, -0.2) is 0 Å². The highest BCUT2D eigenvalue weighted by Crippen LogP contribution is 2.36. The molecule has 0 fully saturated rings. The molecule has 2 aliphatic rings. The van der Waals surface area contributed by atoms with E-state index in [1.54, 1.807) is 5.57 Å². The molecule has 1 nitrogen and oxygen atoms in total. The van der Waals surface area contributed by atoms with E-state index in [-0.39, 0.29) is 5.54 Å². The van der Waals surface area contributed by atoms with Gasteiger partial charge in [-0.2, -0.15) is 0 Å². The van der Waals surface area contributed by atoms with Crippen LogP contribution in [0.2, 0.25) is 0 Å². The van der Waals surface area contributed by atoms with Gasteiger partial charge in [-0.3, -0.25) is 0 Å². The molecule has 1 aliphatic heterocycles. The Bertz CT molecular complexity index is 646. The van der Waals surface area contributed by atoms with Crippen molar-refractivity contribution in [3.63, 3.8) is 0 Å². The van der Waals surface area contributed by atoms with E-state index in [1.165, 1.54) is 29.7 Å². The van der Waals surface area contributed by atoms with E-state index in [2.05, 4.69) is 80.7 Å². The Hall–Kier alpha value is -1.89. The van der Waals surface area contributed by atoms with Gasteiger partial charge in [0.2, 0.25) is 0 Å². The summed E-state index contributed by atoms with van der Waals surface area (Å²) in [6.45, 7) is 8.24. The van der Waals surface area contributed by atoms with Crippen molar-refractivity contribution in [2.75, 3.05) is 11.4 Å². The number of hydrogen-bond donors (Lipinski definition) is 0. The van der Waals surface area contributed by atoms with E-state index < -0.39 is 0 Å². The van der Waals surface area contributed by atoms with Gasteiger partial charge in [-0.05, 0) is 38.3 Å². The number of hydrogen-bond acceptors (Lipinski definition) is 1. The van der Waals surface area contributed by atoms with Crippen molar-refractivity contribution in [3.05, 3.63) is 71.7 Å². The standard InChI is InChI=1S/C22H28N/c1-4-18(19-11-6-5-7-12-19)17-22(2,3)23-16-10-14-20-13-8-9-15-21(20)23/h5-9,11-13,15H,4,10,14,16-17H2,1-3H3/q+1. The predicted molar refractivity (Wildman–Crippen MR) is 101 cm³/mol. The van der Waals surface area contributed by atoms with Crippen LogP contribution in [0.1, 0.15) is 45.6 Å². The van der Waals surface area contributed by atoms with Crippen LogP contribution in [0.15, 0.2) is 59.7 Å². The Balaban J connectivity index is 1.87. The quantitative estimate of drug-likeness (QED) is 0.650. The summed E-state index contributed by atoms with van der Waals surface area (Å²) in [5, 5.41) is 0. The summed E-state index contributed by atoms with van der Waals surface area (Å²) >= 11 is 0. The fraction of sp³-hybridized carbons (Fsp3) is 0.409. The lowest BCUT2D eigenvalue weighted by Crippen LogP contribution is -2.47. The SMILES string of the molecule is CC/C(CC(C)(C)N1CCCc2ccccc21)=C1\C=CC=C[CH+]1. The summed E-state index contributed by atoms with van der Waals surface area (Å²) < 4.78 is 0. The second-order valence-corrected chi connectivity index (χ2v) is 7.20. The third kappa shape index (κ3) is 3.39. The topological polar surface area (TPSA) is 3.24 Å². The minimum atomic E-state index is 0.137. The molecular weight excluding hydrogens is 278 g/mol. The van der Waals surface area contributed by atoms with Crippen molar-refractivity contribution in [3.8, 4) is 0 Å². The number of rotatable bonds is 4. The first kappa shape index (κ1) is 16.0. The van der Waals surface area contributed by atoms with Crippen LogP contribution in [-0.4, -0.2) is 12.1 Å². The number of allylic oxidation sites excluding steroid dienone is 5. The van der Waals surface area contributed by atoms with Gasteiger partial charge in [-0.1, -0.05) is 25.1 Å². The van der Waals surface area contributed by atoms with E-state index in [1.807, 2.05) is 0 Å². The Labute approximate surface area is 141 Å². The average Bonchev–Trinajstić information content (AvgIpc) is 2.60. The van der Waals surface area contributed by atoms with Crippen LogP contribution >= 0.6 is 0 Å². The van der Waals surface area contributed by atoms with Crippen molar-refractivity contribution in [2.24, 2.45) is 0 Å². The maximum absolute atomic E-state index is 2.63. The molecule has 0 unspecified atom stereocenters. The second-order valence-electron chi connectivity index (χ2n) is 7.20. The molecule has 1 aromatic carbocycles. The molecule has 1 heterocycles. The third-order valence-electron chi connectivity index (χ3n) is 5.10. The van der Waals surface area contributed by atoms with Gasteiger partial charge in [0.25, 0.3) is 0 Å². The zero-order chi connectivity index (χ0) is 16.3. The molecule has 1 aliphatic carbocycles. The molecule has 0 amide bonds. The summed E-state index contributed by atoms with van der Waals surface area (Å²) in [6.07, 6.45) is 15.6. The van der Waals surface area contributed by atoms with Crippen LogP contribution in [0.4, 0.5) is 5.69 Å². The highest BCUT2D eigenvalue weighted by atomic mass is 15.2. The van der Waals surface area contributed by atoms with E-state index in [4.69, 9.17) is 0 Å². The Kier molecular flexibility index (Phi) is 4.66. The summed E-state index contributed by atoms with van der Waals surface area (Å²) in [4.78, 5) is 2.63.